The molecule has 18 heavy (non-hydrogen) atoms. The summed E-state index contributed by atoms with van der Waals surface area (Å²) in [5.41, 5.74) is 4.71. The molecule has 0 bridgehead atoms. The Labute approximate surface area is 105 Å². The van der Waals surface area contributed by atoms with E-state index in [0.29, 0.717) is 0 Å². The number of nitrogens with two attached hydrogens (primary N) is 1. The first-order valence-electron chi connectivity index (χ1n) is 4.81. The maximum Gasteiger partial charge on any atom is 0.416 e. The van der Waals surface area contributed by atoms with Gasteiger partial charge in [-0.3, -0.25) is 0 Å². The molecule has 0 atom stereocenters. The van der Waals surface area contributed by atoms with Crippen molar-refractivity contribution >= 4 is 11.6 Å². The number of hydrogen-bond donors (Lipinski definition) is 1. The Bertz CT molecular complexity index is 568. The van der Waals surface area contributed by atoms with Crippen LogP contribution in [-0.4, -0.2) is 10.1 Å². The average Bonchev–Trinajstić information content (AvgIpc) is 2.76. The second-order valence-corrected chi connectivity index (χ2v) is 3.82. The molecule has 0 aliphatic heterocycles. The first-order valence-corrected chi connectivity index (χ1v) is 5.19. The Morgan fingerprint density at radius 3 is 2.56 bits per heavy atom. The summed E-state index contributed by atoms with van der Waals surface area (Å²) in [6.45, 7) is 0.0469. The summed E-state index contributed by atoms with van der Waals surface area (Å²) in [4.78, 5) is 3.88. The fraction of sp³-hybridized carbons (Fsp3) is 0.200. The largest absolute Gasteiger partial charge is 0.416 e. The van der Waals surface area contributed by atoms with E-state index < -0.39 is 11.7 Å². The SMILES string of the molecule is NCc1nc(-c2ccc(C(F)(F)F)cc2Cl)no1. The van der Waals surface area contributed by atoms with Crippen LogP contribution in [0.15, 0.2) is 22.7 Å². The lowest BCUT2D eigenvalue weighted by atomic mass is 10.1. The van der Waals surface area contributed by atoms with Crippen molar-refractivity contribution in [2.75, 3.05) is 0 Å². The van der Waals surface area contributed by atoms with Crippen molar-refractivity contribution < 1.29 is 17.7 Å². The third kappa shape index (κ3) is 2.46. The zero-order chi connectivity index (χ0) is 13.3. The average molecular weight is 278 g/mol. The summed E-state index contributed by atoms with van der Waals surface area (Å²) in [7, 11) is 0. The van der Waals surface area contributed by atoms with Crippen molar-refractivity contribution in [2.45, 2.75) is 12.7 Å². The summed E-state index contributed by atoms with van der Waals surface area (Å²) in [6.07, 6.45) is -4.44. The van der Waals surface area contributed by atoms with Gasteiger partial charge in [0.15, 0.2) is 0 Å². The van der Waals surface area contributed by atoms with Crippen LogP contribution >= 0.6 is 11.6 Å². The zero-order valence-corrected chi connectivity index (χ0v) is 9.59. The van der Waals surface area contributed by atoms with Crippen molar-refractivity contribution in [3.63, 3.8) is 0 Å². The van der Waals surface area contributed by atoms with E-state index in [4.69, 9.17) is 21.9 Å². The van der Waals surface area contributed by atoms with Gasteiger partial charge in [0.25, 0.3) is 0 Å². The number of nitrogens with zero attached hydrogens (tertiary/aromatic N) is 2. The second kappa shape index (κ2) is 4.58. The van der Waals surface area contributed by atoms with Crippen molar-refractivity contribution in [1.29, 1.82) is 0 Å². The van der Waals surface area contributed by atoms with Crippen molar-refractivity contribution in [2.24, 2.45) is 5.73 Å². The molecule has 0 fully saturated rings. The highest BCUT2D eigenvalue weighted by Gasteiger charge is 2.31. The Kier molecular flexibility index (Phi) is 3.27. The number of hydrogen-bond acceptors (Lipinski definition) is 4. The monoisotopic (exact) mass is 277 g/mol. The molecule has 96 valence electrons. The molecule has 1 heterocycles. The third-order valence-electron chi connectivity index (χ3n) is 2.18. The van der Waals surface area contributed by atoms with Crippen molar-refractivity contribution in [1.82, 2.24) is 10.1 Å². The fourth-order valence-electron chi connectivity index (χ4n) is 1.32. The summed E-state index contributed by atoms with van der Waals surface area (Å²) < 4.78 is 42.1. The molecule has 0 aliphatic rings. The predicted molar refractivity (Wildman–Crippen MR) is 57.6 cm³/mol. The van der Waals surface area contributed by atoms with Crippen molar-refractivity contribution in [3.05, 3.63) is 34.7 Å². The van der Waals surface area contributed by atoms with Crippen LogP contribution in [0.25, 0.3) is 11.4 Å². The number of halogens is 4. The predicted octanol–water partition coefficient (Wildman–Crippen LogP) is 2.87. The van der Waals surface area contributed by atoms with Crippen LogP contribution in [0.4, 0.5) is 13.2 Å². The molecule has 1 aromatic carbocycles. The van der Waals surface area contributed by atoms with E-state index in [9.17, 15) is 13.2 Å². The smallest absolute Gasteiger partial charge is 0.338 e. The molecule has 4 nitrogen and oxygen atoms in total. The van der Waals surface area contributed by atoms with Crippen LogP contribution in [0.2, 0.25) is 5.02 Å². The molecule has 8 heteroatoms. The molecule has 0 aliphatic carbocycles. The topological polar surface area (TPSA) is 64.9 Å². The molecule has 0 saturated heterocycles. The first-order chi connectivity index (χ1) is 8.41. The van der Waals surface area contributed by atoms with Crippen molar-refractivity contribution in [3.8, 4) is 11.4 Å². The number of alkyl halides is 3. The number of rotatable bonds is 2. The van der Waals surface area contributed by atoms with Gasteiger partial charge in [0.1, 0.15) is 0 Å². The van der Waals surface area contributed by atoms with Gasteiger partial charge in [-0.2, -0.15) is 18.2 Å². The van der Waals surface area contributed by atoms with Crippen LogP contribution in [-0.2, 0) is 12.7 Å². The minimum absolute atomic E-state index is 0.0469. The molecule has 0 unspecified atom stereocenters. The zero-order valence-electron chi connectivity index (χ0n) is 8.83. The summed E-state index contributed by atoms with van der Waals surface area (Å²) in [5, 5.41) is 3.48. The van der Waals surface area contributed by atoms with E-state index in [2.05, 4.69) is 10.1 Å². The van der Waals surface area contributed by atoms with Gasteiger partial charge in [-0.15, -0.1) is 0 Å². The maximum atomic E-state index is 12.4. The Morgan fingerprint density at radius 2 is 2.06 bits per heavy atom. The molecular formula is C10H7ClF3N3O. The lowest BCUT2D eigenvalue weighted by molar-refractivity contribution is -0.137. The summed E-state index contributed by atoms with van der Waals surface area (Å²) >= 11 is 5.77. The van der Waals surface area contributed by atoms with E-state index in [1.807, 2.05) is 0 Å². The van der Waals surface area contributed by atoms with E-state index in [1.165, 1.54) is 6.07 Å². The van der Waals surface area contributed by atoms with Gasteiger partial charge < -0.3 is 10.3 Å². The standard InChI is InChI=1S/C10H7ClF3N3O/c11-7-3-5(10(12,13)14)1-2-6(7)9-16-8(4-15)18-17-9/h1-3H,4,15H2. The van der Waals surface area contributed by atoms with Gasteiger partial charge in [-0.05, 0) is 18.2 Å². The van der Waals surface area contributed by atoms with Crippen LogP contribution < -0.4 is 5.73 Å². The lowest BCUT2D eigenvalue weighted by Crippen LogP contribution is -2.04. The molecule has 0 radical (unpaired) electrons. The fourth-order valence-corrected chi connectivity index (χ4v) is 1.59. The molecule has 0 saturated carbocycles. The third-order valence-corrected chi connectivity index (χ3v) is 2.49. The van der Waals surface area contributed by atoms with Gasteiger partial charge in [-0.25, -0.2) is 0 Å². The highest BCUT2D eigenvalue weighted by molar-refractivity contribution is 6.33. The molecule has 0 spiro atoms. The first kappa shape index (κ1) is 12.8. The minimum atomic E-state index is -4.44. The number of aromatic nitrogens is 2. The highest BCUT2D eigenvalue weighted by atomic mass is 35.5. The molecule has 2 rings (SSSR count). The Hall–Kier alpha value is -1.60. The lowest BCUT2D eigenvalue weighted by Gasteiger charge is -2.07. The van der Waals surface area contributed by atoms with Gasteiger partial charge in [-0.1, -0.05) is 16.8 Å². The molecule has 2 N–H and O–H groups in total. The van der Waals surface area contributed by atoms with Crippen LogP contribution in [0.3, 0.4) is 0 Å². The van der Waals surface area contributed by atoms with E-state index in [0.717, 1.165) is 12.1 Å². The van der Waals surface area contributed by atoms with Gasteiger partial charge in [0.2, 0.25) is 11.7 Å². The van der Waals surface area contributed by atoms with Gasteiger partial charge >= 0.3 is 6.18 Å². The highest BCUT2D eigenvalue weighted by Crippen LogP contribution is 2.34. The van der Waals surface area contributed by atoms with Gasteiger partial charge in [0.05, 0.1) is 17.1 Å². The molecule has 0 amide bonds. The second-order valence-electron chi connectivity index (χ2n) is 3.41. The maximum absolute atomic E-state index is 12.4. The van der Waals surface area contributed by atoms with E-state index in [-0.39, 0.29) is 28.8 Å². The summed E-state index contributed by atoms with van der Waals surface area (Å²) in [5.74, 6) is 0.287. The Morgan fingerprint density at radius 1 is 1.33 bits per heavy atom. The van der Waals surface area contributed by atoms with Crippen LogP contribution in [0.5, 0.6) is 0 Å². The number of benzene rings is 1. The van der Waals surface area contributed by atoms with E-state index >= 15 is 0 Å². The molecule has 1 aromatic heterocycles. The summed E-state index contributed by atoms with van der Waals surface area (Å²) in [6, 6.07) is 2.91. The normalized spacial score (nSPS) is 11.8. The molecule has 2 aromatic rings. The Balaban J connectivity index is 2.41. The minimum Gasteiger partial charge on any atom is -0.338 e. The van der Waals surface area contributed by atoms with E-state index in [1.54, 1.807) is 0 Å². The molecular weight excluding hydrogens is 271 g/mol. The van der Waals surface area contributed by atoms with Crippen LogP contribution in [0, 0.1) is 0 Å². The van der Waals surface area contributed by atoms with Crippen LogP contribution in [0.1, 0.15) is 11.5 Å². The quantitative estimate of drug-likeness (QED) is 0.917. The van der Waals surface area contributed by atoms with Gasteiger partial charge in [0, 0.05) is 5.56 Å².